The van der Waals surface area contributed by atoms with Crippen LogP contribution in [-0.2, 0) is 0 Å². The Balaban J connectivity index is 2.60. The molecule has 0 aromatic heterocycles. The van der Waals surface area contributed by atoms with Crippen LogP contribution in [0.15, 0.2) is 24.3 Å². The Labute approximate surface area is 88.0 Å². The lowest BCUT2D eigenvalue weighted by molar-refractivity contribution is -0.385. The standard InChI is InChI=1S/C11H11NO3/c1-2-3-6-9-15-11-8-5-4-7-10(11)12(13)14/h1,4-5,7-8H,3,6,9H2. The Hall–Kier alpha value is -2.02. The van der Waals surface area contributed by atoms with Crippen LogP contribution in [0.4, 0.5) is 5.69 Å². The van der Waals surface area contributed by atoms with Crippen molar-refractivity contribution in [1.29, 1.82) is 0 Å². The van der Waals surface area contributed by atoms with Gasteiger partial charge in [0, 0.05) is 12.5 Å². The van der Waals surface area contributed by atoms with E-state index in [4.69, 9.17) is 11.2 Å². The van der Waals surface area contributed by atoms with E-state index in [9.17, 15) is 10.1 Å². The van der Waals surface area contributed by atoms with Crippen molar-refractivity contribution in [2.75, 3.05) is 6.61 Å². The van der Waals surface area contributed by atoms with E-state index in [1.807, 2.05) is 0 Å². The van der Waals surface area contributed by atoms with E-state index in [1.165, 1.54) is 6.07 Å². The lowest BCUT2D eigenvalue weighted by Gasteiger charge is -2.04. The zero-order valence-corrected chi connectivity index (χ0v) is 8.18. The van der Waals surface area contributed by atoms with Gasteiger partial charge < -0.3 is 4.74 Å². The molecule has 0 aliphatic rings. The van der Waals surface area contributed by atoms with Crippen LogP contribution in [-0.4, -0.2) is 11.5 Å². The summed E-state index contributed by atoms with van der Waals surface area (Å²) in [6.07, 6.45) is 6.38. The van der Waals surface area contributed by atoms with Crippen molar-refractivity contribution in [3.05, 3.63) is 34.4 Å². The number of nitro benzene ring substituents is 1. The van der Waals surface area contributed by atoms with Gasteiger partial charge in [0.1, 0.15) is 0 Å². The second-order valence-corrected chi connectivity index (χ2v) is 2.88. The lowest BCUT2D eigenvalue weighted by Crippen LogP contribution is -1.99. The highest BCUT2D eigenvalue weighted by Crippen LogP contribution is 2.25. The zero-order chi connectivity index (χ0) is 11.1. The van der Waals surface area contributed by atoms with Crippen molar-refractivity contribution >= 4 is 5.69 Å². The third kappa shape index (κ3) is 3.31. The molecule has 0 spiro atoms. The molecule has 1 rings (SSSR count). The van der Waals surface area contributed by atoms with Crippen LogP contribution < -0.4 is 4.74 Å². The number of benzene rings is 1. The maximum Gasteiger partial charge on any atom is 0.310 e. The summed E-state index contributed by atoms with van der Waals surface area (Å²) in [4.78, 5) is 10.1. The summed E-state index contributed by atoms with van der Waals surface area (Å²) in [5, 5.41) is 10.6. The summed E-state index contributed by atoms with van der Waals surface area (Å²) in [5.41, 5.74) is -0.0155. The molecule has 0 atom stereocenters. The Bertz CT molecular complexity index is 382. The Morgan fingerprint density at radius 3 is 2.87 bits per heavy atom. The Morgan fingerprint density at radius 1 is 1.47 bits per heavy atom. The lowest BCUT2D eigenvalue weighted by atomic mass is 10.3. The van der Waals surface area contributed by atoms with Crippen molar-refractivity contribution in [2.45, 2.75) is 12.8 Å². The molecule has 0 amide bonds. The Kier molecular flexibility index (Phi) is 4.17. The van der Waals surface area contributed by atoms with Crippen LogP contribution in [0.25, 0.3) is 0 Å². The zero-order valence-electron chi connectivity index (χ0n) is 8.18. The highest BCUT2D eigenvalue weighted by atomic mass is 16.6. The van der Waals surface area contributed by atoms with E-state index in [1.54, 1.807) is 18.2 Å². The molecule has 0 aliphatic heterocycles. The average molecular weight is 205 g/mol. The number of terminal acetylenes is 1. The third-order valence-electron chi connectivity index (χ3n) is 1.78. The number of ether oxygens (including phenoxy) is 1. The molecular weight excluding hydrogens is 194 g/mol. The first-order chi connectivity index (χ1) is 7.25. The molecule has 0 fully saturated rings. The van der Waals surface area contributed by atoms with Crippen molar-refractivity contribution in [2.24, 2.45) is 0 Å². The third-order valence-corrected chi connectivity index (χ3v) is 1.78. The van der Waals surface area contributed by atoms with Gasteiger partial charge in [0.05, 0.1) is 11.5 Å². The van der Waals surface area contributed by atoms with Crippen molar-refractivity contribution in [1.82, 2.24) is 0 Å². The summed E-state index contributed by atoms with van der Waals surface area (Å²) in [7, 11) is 0. The fourth-order valence-electron chi connectivity index (χ4n) is 1.09. The molecular formula is C11H11NO3. The number of para-hydroxylation sites is 2. The van der Waals surface area contributed by atoms with Gasteiger partial charge in [-0.25, -0.2) is 0 Å². The predicted molar refractivity (Wildman–Crippen MR) is 56.7 cm³/mol. The summed E-state index contributed by atoms with van der Waals surface area (Å²) < 4.78 is 5.26. The quantitative estimate of drug-likeness (QED) is 0.321. The van der Waals surface area contributed by atoms with E-state index in [0.29, 0.717) is 25.2 Å². The molecule has 0 saturated carbocycles. The molecule has 78 valence electrons. The molecule has 0 bridgehead atoms. The van der Waals surface area contributed by atoms with E-state index < -0.39 is 4.92 Å². The normalized spacial score (nSPS) is 9.27. The molecule has 0 aliphatic carbocycles. The molecule has 4 nitrogen and oxygen atoms in total. The van der Waals surface area contributed by atoms with Crippen LogP contribution in [0, 0.1) is 22.5 Å². The SMILES string of the molecule is C#CCCCOc1ccccc1[N+](=O)[O-]. The maximum absolute atomic E-state index is 10.6. The summed E-state index contributed by atoms with van der Waals surface area (Å²) in [6.45, 7) is 0.398. The Morgan fingerprint density at radius 2 is 2.20 bits per heavy atom. The van der Waals surface area contributed by atoms with E-state index in [2.05, 4.69) is 5.92 Å². The second kappa shape index (κ2) is 5.66. The first-order valence-electron chi connectivity index (χ1n) is 4.55. The molecule has 0 saturated heterocycles. The van der Waals surface area contributed by atoms with Crippen LogP contribution in [0.5, 0.6) is 5.75 Å². The molecule has 15 heavy (non-hydrogen) atoms. The number of nitro groups is 1. The minimum absolute atomic E-state index is 0.0155. The monoisotopic (exact) mass is 205 g/mol. The largest absolute Gasteiger partial charge is 0.487 e. The topological polar surface area (TPSA) is 52.4 Å². The van der Waals surface area contributed by atoms with Gasteiger partial charge in [-0.1, -0.05) is 12.1 Å². The van der Waals surface area contributed by atoms with E-state index in [0.717, 1.165) is 0 Å². The van der Waals surface area contributed by atoms with Crippen molar-refractivity contribution in [3.8, 4) is 18.1 Å². The highest BCUT2D eigenvalue weighted by Gasteiger charge is 2.12. The van der Waals surface area contributed by atoms with Crippen molar-refractivity contribution < 1.29 is 9.66 Å². The van der Waals surface area contributed by atoms with Gasteiger partial charge in [-0.2, -0.15) is 0 Å². The number of unbranched alkanes of at least 4 members (excludes halogenated alkanes) is 1. The fourth-order valence-corrected chi connectivity index (χ4v) is 1.09. The fraction of sp³-hybridized carbons (Fsp3) is 0.273. The van der Waals surface area contributed by atoms with Gasteiger partial charge in [0.15, 0.2) is 5.75 Å². The van der Waals surface area contributed by atoms with Gasteiger partial charge in [-0.05, 0) is 12.5 Å². The van der Waals surface area contributed by atoms with Gasteiger partial charge in [0.2, 0.25) is 0 Å². The minimum Gasteiger partial charge on any atom is -0.487 e. The first-order valence-corrected chi connectivity index (χ1v) is 4.55. The van der Waals surface area contributed by atoms with Gasteiger partial charge in [-0.3, -0.25) is 10.1 Å². The van der Waals surface area contributed by atoms with E-state index in [-0.39, 0.29) is 5.69 Å². The first kappa shape index (κ1) is 11.1. The molecule has 0 N–H and O–H groups in total. The van der Waals surface area contributed by atoms with Gasteiger partial charge >= 0.3 is 5.69 Å². The smallest absolute Gasteiger partial charge is 0.310 e. The average Bonchev–Trinajstić information content (AvgIpc) is 2.25. The van der Waals surface area contributed by atoms with Crippen LogP contribution >= 0.6 is 0 Å². The molecule has 1 aromatic rings. The summed E-state index contributed by atoms with van der Waals surface area (Å²) in [5.74, 6) is 2.77. The van der Waals surface area contributed by atoms with Crippen LogP contribution in [0.3, 0.4) is 0 Å². The summed E-state index contributed by atoms with van der Waals surface area (Å²) >= 11 is 0. The molecule has 0 heterocycles. The number of nitrogens with zero attached hydrogens (tertiary/aromatic N) is 1. The highest BCUT2D eigenvalue weighted by molar-refractivity contribution is 5.45. The molecule has 1 aromatic carbocycles. The molecule has 0 radical (unpaired) electrons. The number of rotatable bonds is 5. The number of hydrogen-bond donors (Lipinski definition) is 0. The van der Waals surface area contributed by atoms with Gasteiger partial charge in [0.25, 0.3) is 0 Å². The predicted octanol–water partition coefficient (Wildman–Crippen LogP) is 2.39. The van der Waals surface area contributed by atoms with Crippen LogP contribution in [0.1, 0.15) is 12.8 Å². The maximum atomic E-state index is 10.6. The van der Waals surface area contributed by atoms with Crippen LogP contribution in [0.2, 0.25) is 0 Å². The van der Waals surface area contributed by atoms with Crippen molar-refractivity contribution in [3.63, 3.8) is 0 Å². The van der Waals surface area contributed by atoms with Gasteiger partial charge in [-0.15, -0.1) is 12.3 Å². The van der Waals surface area contributed by atoms with E-state index >= 15 is 0 Å². The minimum atomic E-state index is -0.462. The molecule has 4 heteroatoms. The summed E-state index contributed by atoms with van der Waals surface area (Å²) in [6, 6.07) is 6.29. The second-order valence-electron chi connectivity index (χ2n) is 2.88. The number of hydrogen-bond acceptors (Lipinski definition) is 3. The molecule has 0 unspecified atom stereocenters.